The molecule has 3 saturated carbocycles. The first kappa shape index (κ1) is 12.1. The molecule has 0 radical (unpaired) electrons. The molecular weight excluding hydrogens is 236 g/mol. The van der Waals surface area contributed by atoms with Crippen LogP contribution in [-0.4, -0.2) is 17.0 Å². The first-order valence-electron chi connectivity index (χ1n) is 8.15. The molecule has 0 spiro atoms. The van der Waals surface area contributed by atoms with E-state index in [1.165, 1.54) is 44.1 Å². The van der Waals surface area contributed by atoms with Crippen molar-refractivity contribution in [1.82, 2.24) is 0 Å². The highest BCUT2D eigenvalue weighted by molar-refractivity contribution is 5.92. The zero-order valence-corrected chi connectivity index (χ0v) is 11.6. The lowest BCUT2D eigenvalue weighted by atomic mass is 9.55. The van der Waals surface area contributed by atoms with Crippen molar-refractivity contribution < 1.29 is 9.90 Å². The normalized spacial score (nSPS) is 49.1. The van der Waals surface area contributed by atoms with Gasteiger partial charge in [0, 0.05) is 12.3 Å². The Kier molecular flexibility index (Phi) is 2.84. The minimum atomic E-state index is -0.391. The fourth-order valence-corrected chi connectivity index (χ4v) is 5.87. The van der Waals surface area contributed by atoms with Crippen molar-refractivity contribution >= 4 is 5.78 Å². The molecule has 1 unspecified atom stereocenters. The van der Waals surface area contributed by atoms with Crippen molar-refractivity contribution in [2.75, 3.05) is 0 Å². The maximum atomic E-state index is 11.6. The number of ketones is 1. The van der Waals surface area contributed by atoms with Crippen molar-refractivity contribution in [2.24, 2.45) is 29.6 Å². The van der Waals surface area contributed by atoms with Crippen LogP contribution >= 0.6 is 0 Å². The Morgan fingerprint density at radius 1 is 1.00 bits per heavy atom. The van der Waals surface area contributed by atoms with Crippen molar-refractivity contribution in [3.63, 3.8) is 0 Å². The van der Waals surface area contributed by atoms with E-state index < -0.39 is 6.10 Å². The third-order valence-electron chi connectivity index (χ3n) is 6.52. The van der Waals surface area contributed by atoms with Gasteiger partial charge in [-0.2, -0.15) is 0 Å². The summed E-state index contributed by atoms with van der Waals surface area (Å²) in [5.74, 6) is 3.89. The Hall–Kier alpha value is -0.630. The molecule has 4 aliphatic carbocycles. The van der Waals surface area contributed by atoms with E-state index in [1.54, 1.807) is 0 Å². The molecule has 0 aromatic heterocycles. The van der Waals surface area contributed by atoms with Gasteiger partial charge in [0.1, 0.15) is 0 Å². The Bertz CT molecular complexity index is 425. The monoisotopic (exact) mass is 260 g/mol. The predicted octanol–water partition coefficient (Wildman–Crippen LogP) is 3.10. The molecule has 19 heavy (non-hydrogen) atoms. The fraction of sp³-hybridized carbons (Fsp3) is 0.824. The van der Waals surface area contributed by atoms with E-state index in [0.29, 0.717) is 18.3 Å². The van der Waals surface area contributed by atoms with Crippen molar-refractivity contribution in [3.8, 4) is 0 Å². The standard InChI is InChI=1S/C17H24O2/c18-12-8-11-5-6-14-13-3-1-2-10(13)4-7-15(14)17(11)16(19)9-12/h8,10,13-17,19H,1-7,9H2/t10-,13+,14-,15-,16?,17-/m0/s1. The third kappa shape index (κ3) is 1.83. The zero-order valence-electron chi connectivity index (χ0n) is 11.6. The molecule has 0 aliphatic heterocycles. The number of rotatable bonds is 0. The van der Waals surface area contributed by atoms with E-state index in [2.05, 4.69) is 0 Å². The number of carbonyl (C=O) groups excluding carboxylic acids is 1. The van der Waals surface area contributed by atoms with Crippen LogP contribution in [0.5, 0.6) is 0 Å². The number of fused-ring (bicyclic) bond motifs is 5. The van der Waals surface area contributed by atoms with Crippen LogP contribution < -0.4 is 0 Å². The Morgan fingerprint density at radius 2 is 1.89 bits per heavy atom. The molecule has 4 rings (SSSR count). The number of aliphatic hydroxyl groups is 1. The van der Waals surface area contributed by atoms with Gasteiger partial charge in [-0.15, -0.1) is 0 Å². The van der Waals surface area contributed by atoms with E-state index in [1.807, 2.05) is 6.08 Å². The van der Waals surface area contributed by atoms with E-state index in [0.717, 1.165) is 24.2 Å². The van der Waals surface area contributed by atoms with Crippen LogP contribution in [0.4, 0.5) is 0 Å². The van der Waals surface area contributed by atoms with Gasteiger partial charge in [0.15, 0.2) is 5.78 Å². The largest absolute Gasteiger partial charge is 0.392 e. The summed E-state index contributed by atoms with van der Waals surface area (Å²) >= 11 is 0. The highest BCUT2D eigenvalue weighted by Crippen LogP contribution is 2.56. The zero-order chi connectivity index (χ0) is 13.0. The molecule has 2 nitrogen and oxygen atoms in total. The van der Waals surface area contributed by atoms with Gasteiger partial charge in [-0.1, -0.05) is 18.4 Å². The average molecular weight is 260 g/mol. The topological polar surface area (TPSA) is 37.3 Å². The third-order valence-corrected chi connectivity index (χ3v) is 6.52. The molecule has 104 valence electrons. The lowest BCUT2D eigenvalue weighted by Crippen LogP contribution is -2.46. The second-order valence-corrected chi connectivity index (χ2v) is 7.28. The second kappa shape index (κ2) is 4.44. The quantitative estimate of drug-likeness (QED) is 0.726. The molecular formula is C17H24O2. The van der Waals surface area contributed by atoms with Crippen LogP contribution in [0.1, 0.15) is 51.4 Å². The number of aliphatic hydroxyl groups excluding tert-OH is 1. The van der Waals surface area contributed by atoms with Crippen molar-refractivity contribution in [1.29, 1.82) is 0 Å². The summed E-state index contributed by atoms with van der Waals surface area (Å²) in [6, 6.07) is 0. The fourth-order valence-electron chi connectivity index (χ4n) is 5.87. The van der Waals surface area contributed by atoms with E-state index in [-0.39, 0.29) is 5.78 Å². The van der Waals surface area contributed by atoms with Gasteiger partial charge >= 0.3 is 0 Å². The molecule has 1 N–H and O–H groups in total. The molecule has 0 bridgehead atoms. The van der Waals surface area contributed by atoms with Crippen LogP contribution in [0.25, 0.3) is 0 Å². The Morgan fingerprint density at radius 3 is 2.79 bits per heavy atom. The smallest absolute Gasteiger partial charge is 0.158 e. The van der Waals surface area contributed by atoms with Gasteiger partial charge in [0.2, 0.25) is 0 Å². The molecule has 0 amide bonds. The molecule has 0 aromatic rings. The predicted molar refractivity (Wildman–Crippen MR) is 73.5 cm³/mol. The maximum absolute atomic E-state index is 11.6. The first-order chi connectivity index (χ1) is 9.24. The van der Waals surface area contributed by atoms with Crippen LogP contribution in [0.2, 0.25) is 0 Å². The number of hydrogen-bond acceptors (Lipinski definition) is 2. The van der Waals surface area contributed by atoms with Crippen molar-refractivity contribution in [2.45, 2.75) is 57.5 Å². The summed E-state index contributed by atoms with van der Waals surface area (Å²) in [7, 11) is 0. The van der Waals surface area contributed by atoms with Crippen LogP contribution in [0.3, 0.4) is 0 Å². The van der Waals surface area contributed by atoms with E-state index in [4.69, 9.17) is 0 Å². The van der Waals surface area contributed by atoms with E-state index in [9.17, 15) is 9.90 Å². The summed E-state index contributed by atoms with van der Waals surface area (Å²) < 4.78 is 0. The molecule has 2 heteroatoms. The molecule has 0 heterocycles. The summed E-state index contributed by atoms with van der Waals surface area (Å²) in [5, 5.41) is 10.4. The highest BCUT2D eigenvalue weighted by Gasteiger charge is 2.49. The first-order valence-corrected chi connectivity index (χ1v) is 8.15. The molecule has 6 atom stereocenters. The second-order valence-electron chi connectivity index (χ2n) is 7.28. The number of hydrogen-bond donors (Lipinski definition) is 1. The summed E-state index contributed by atoms with van der Waals surface area (Å²) in [6.07, 6.45) is 11.1. The Labute approximate surface area is 115 Å². The van der Waals surface area contributed by atoms with Gasteiger partial charge in [0.25, 0.3) is 0 Å². The van der Waals surface area contributed by atoms with E-state index >= 15 is 0 Å². The van der Waals surface area contributed by atoms with Crippen molar-refractivity contribution in [3.05, 3.63) is 11.6 Å². The van der Waals surface area contributed by atoms with Gasteiger partial charge < -0.3 is 5.11 Å². The average Bonchev–Trinajstić information content (AvgIpc) is 2.85. The molecule has 0 saturated heterocycles. The maximum Gasteiger partial charge on any atom is 0.158 e. The minimum Gasteiger partial charge on any atom is -0.392 e. The number of carbonyl (C=O) groups is 1. The van der Waals surface area contributed by atoms with Gasteiger partial charge in [-0.3, -0.25) is 4.79 Å². The lowest BCUT2D eigenvalue weighted by molar-refractivity contribution is -0.119. The summed E-state index contributed by atoms with van der Waals surface area (Å²) in [6.45, 7) is 0. The van der Waals surface area contributed by atoms with Gasteiger partial charge in [-0.05, 0) is 61.9 Å². The molecule has 3 fully saturated rings. The van der Waals surface area contributed by atoms with Gasteiger partial charge in [0.05, 0.1) is 6.10 Å². The SMILES string of the molecule is O=C1C=C2CC[C@H]3[C@@H]4CCC[C@H]4CC[C@@H]3[C@H]2C(O)C1. The van der Waals surface area contributed by atoms with Crippen LogP contribution in [0, 0.1) is 29.6 Å². The highest BCUT2D eigenvalue weighted by atomic mass is 16.3. The van der Waals surface area contributed by atoms with Gasteiger partial charge in [-0.25, -0.2) is 0 Å². The summed E-state index contributed by atoms with van der Waals surface area (Å²) in [4.78, 5) is 11.6. The van der Waals surface area contributed by atoms with Crippen LogP contribution in [0.15, 0.2) is 11.6 Å². The van der Waals surface area contributed by atoms with Crippen LogP contribution in [-0.2, 0) is 4.79 Å². The molecule has 0 aromatic carbocycles. The minimum absolute atomic E-state index is 0.145. The lowest BCUT2D eigenvalue weighted by Gasteiger charge is -2.50. The molecule has 4 aliphatic rings. The Balaban J connectivity index is 1.64. The summed E-state index contributed by atoms with van der Waals surface area (Å²) in [5.41, 5.74) is 1.28.